The monoisotopic (exact) mass is 308 g/mol. The molecule has 0 saturated carbocycles. The van der Waals surface area contributed by atoms with Crippen molar-refractivity contribution < 1.29 is 97.4 Å². The Kier molecular flexibility index (Phi) is 40.0. The maximum Gasteiger partial charge on any atom is 2.00 e. The molecule has 0 aliphatic carbocycles. The van der Waals surface area contributed by atoms with Crippen LogP contribution in [-0.4, -0.2) is 83.7 Å². The quantitative estimate of drug-likeness (QED) is 0.256. The van der Waals surface area contributed by atoms with Gasteiger partial charge in [-0.05, 0) is 0 Å². The molecule has 80 valence electrons. The zero-order valence-electron chi connectivity index (χ0n) is 6.83. The Bertz CT molecular complexity index is 214. The third kappa shape index (κ3) is 409. The minimum Gasteiger partial charge on any atom is -0.759 e. The first-order chi connectivity index (χ1) is 4.00. The van der Waals surface area contributed by atoms with E-state index in [1.807, 2.05) is 0 Å². The Hall–Kier alpha value is 2.56. The third-order valence-corrected chi connectivity index (χ3v) is 0. The average Bonchev–Trinajstić information content (AvgIpc) is 1.12. The van der Waals surface area contributed by atoms with Crippen molar-refractivity contribution >= 4 is 58.5 Å². The summed E-state index contributed by atoms with van der Waals surface area (Å²) in [6.07, 6.45) is 0. The summed E-state index contributed by atoms with van der Waals surface area (Å²) in [6.45, 7) is 0. The van der Waals surface area contributed by atoms with E-state index < -0.39 is 20.8 Å². The molecule has 0 heterocycles. The van der Waals surface area contributed by atoms with Crippen LogP contribution in [0, 0.1) is 0 Å². The van der Waals surface area contributed by atoms with Crippen molar-refractivity contribution in [3.63, 3.8) is 0 Å². The van der Waals surface area contributed by atoms with Crippen LogP contribution in [0.25, 0.3) is 0 Å². The molecular weight excluding hydrogens is 303 g/mol. The predicted octanol–water partition coefficient (Wildman–Crippen LogP) is -7.36. The molecule has 0 spiro atoms. The third-order valence-electron chi connectivity index (χ3n) is 0. The summed E-state index contributed by atoms with van der Waals surface area (Å²) < 4.78 is 66.9. The van der Waals surface area contributed by atoms with Crippen molar-refractivity contribution in [2.24, 2.45) is 0 Å². The van der Waals surface area contributed by atoms with E-state index in [1.54, 1.807) is 0 Å². The topological polar surface area (TPSA) is 221 Å². The van der Waals surface area contributed by atoms with E-state index in [0.717, 1.165) is 0 Å². The largest absolute Gasteiger partial charge is 2.00 e. The molecule has 0 fully saturated rings. The van der Waals surface area contributed by atoms with Crippen LogP contribution in [0.3, 0.4) is 0 Å². The van der Waals surface area contributed by atoms with E-state index in [1.165, 1.54) is 0 Å². The molecule has 10 nitrogen and oxygen atoms in total. The Balaban J connectivity index is -0.0000000178. The fourth-order valence-electron chi connectivity index (χ4n) is 0. The van der Waals surface area contributed by atoms with Crippen LogP contribution in [0.1, 0.15) is 0 Å². The van der Waals surface area contributed by atoms with E-state index in [2.05, 4.69) is 0 Å². The molecule has 0 rings (SSSR count). The maximum atomic E-state index is 8.63. The van der Waals surface area contributed by atoms with Gasteiger partial charge in [0.15, 0.2) is 0 Å². The van der Waals surface area contributed by atoms with Crippen molar-refractivity contribution in [1.29, 1.82) is 0 Å². The van der Waals surface area contributed by atoms with Gasteiger partial charge in [-0.3, -0.25) is 13.0 Å². The second kappa shape index (κ2) is 15.6. The summed E-state index contributed by atoms with van der Waals surface area (Å²) in [5.41, 5.74) is 0. The van der Waals surface area contributed by atoms with Gasteiger partial charge in [0, 0.05) is 10.4 Å². The minimum absolute atomic E-state index is 0. The van der Waals surface area contributed by atoms with E-state index in [4.69, 9.17) is 35.0 Å². The van der Waals surface area contributed by atoms with Gasteiger partial charge in [0.25, 0.3) is 0 Å². The SMILES string of the molecule is O.O.O=S(=O)([O-])O.O=S(=O)([O-])[O-].[Ca+2].[K+]. The first-order valence-corrected chi connectivity index (χ1v) is 4.05. The van der Waals surface area contributed by atoms with Crippen molar-refractivity contribution in [1.82, 2.24) is 0 Å². The molecule has 0 amide bonds. The predicted molar refractivity (Wildman–Crippen MR) is 35.8 cm³/mol. The zero-order valence-corrected chi connectivity index (χ0v) is 13.8. The second-order valence-corrected chi connectivity index (χ2v) is 2.51. The zero-order chi connectivity index (χ0) is 9.00. The Morgan fingerprint density at radius 2 is 0.857 bits per heavy atom. The fraction of sp³-hybridized carbons (Fsp3) is 0. The van der Waals surface area contributed by atoms with Gasteiger partial charge in [-0.2, -0.15) is 0 Å². The molecule has 14 heteroatoms. The van der Waals surface area contributed by atoms with Crippen LogP contribution in [0.5, 0.6) is 0 Å². The molecular formula is H5CaKO10S2. The Labute approximate surface area is 153 Å². The fourth-order valence-corrected chi connectivity index (χ4v) is 0. The first kappa shape index (κ1) is 36.0. The van der Waals surface area contributed by atoms with Crippen molar-refractivity contribution in [3.8, 4) is 0 Å². The molecule has 0 atom stereocenters. The molecule has 0 aromatic rings. The molecule has 14 heavy (non-hydrogen) atoms. The Morgan fingerprint density at radius 3 is 0.857 bits per heavy atom. The summed E-state index contributed by atoms with van der Waals surface area (Å²) in [6, 6.07) is 0. The molecule has 0 radical (unpaired) electrons. The van der Waals surface area contributed by atoms with Crippen LogP contribution in [0.15, 0.2) is 0 Å². The summed E-state index contributed by atoms with van der Waals surface area (Å²) in [4.78, 5) is 0. The number of hydrogen-bond acceptors (Lipinski definition) is 7. The second-order valence-electron chi connectivity index (χ2n) is 0.836. The summed E-state index contributed by atoms with van der Waals surface area (Å²) >= 11 is 0. The molecule has 0 unspecified atom stereocenters. The van der Waals surface area contributed by atoms with Gasteiger partial charge < -0.3 is 24.6 Å². The first-order valence-electron chi connectivity index (χ1n) is 1.35. The van der Waals surface area contributed by atoms with Crippen LogP contribution in [0.2, 0.25) is 0 Å². The minimum atomic E-state index is -5.17. The van der Waals surface area contributed by atoms with Gasteiger partial charge in [-0.15, -0.1) is 0 Å². The van der Waals surface area contributed by atoms with E-state index in [0.29, 0.717) is 0 Å². The molecule has 0 saturated heterocycles. The van der Waals surface area contributed by atoms with Crippen molar-refractivity contribution in [2.75, 3.05) is 0 Å². The van der Waals surface area contributed by atoms with E-state index in [-0.39, 0.29) is 100 Å². The van der Waals surface area contributed by atoms with Crippen LogP contribution < -0.4 is 51.4 Å². The molecule has 0 aromatic carbocycles. The summed E-state index contributed by atoms with van der Waals surface area (Å²) in [5.74, 6) is 0. The van der Waals surface area contributed by atoms with E-state index >= 15 is 0 Å². The molecule has 0 aliphatic heterocycles. The van der Waals surface area contributed by atoms with Crippen LogP contribution in [0.4, 0.5) is 0 Å². The summed E-state index contributed by atoms with van der Waals surface area (Å²) in [5, 5.41) is 0. The van der Waals surface area contributed by atoms with Gasteiger partial charge in [-0.1, -0.05) is 0 Å². The Morgan fingerprint density at radius 1 is 0.857 bits per heavy atom. The van der Waals surface area contributed by atoms with Crippen LogP contribution in [-0.2, 0) is 20.8 Å². The molecule has 5 N–H and O–H groups in total. The van der Waals surface area contributed by atoms with Gasteiger partial charge in [0.05, 0.1) is 0 Å². The van der Waals surface area contributed by atoms with E-state index in [9.17, 15) is 0 Å². The van der Waals surface area contributed by atoms with Gasteiger partial charge >= 0.3 is 89.1 Å². The molecule has 0 aliphatic rings. The van der Waals surface area contributed by atoms with Gasteiger partial charge in [-0.25, -0.2) is 8.42 Å². The standard InChI is InChI=1S/Ca.K.2H2O4S.2H2O/c;;2*1-5(2,3)4;;/h;;2*(H2,1,2,3,4);2*1H2/q+2;+1;;;;/p-3. The van der Waals surface area contributed by atoms with Crippen molar-refractivity contribution in [2.45, 2.75) is 0 Å². The normalized spacial score (nSPS) is 8.29. The van der Waals surface area contributed by atoms with Gasteiger partial charge in [0.2, 0.25) is 10.4 Å². The average molecular weight is 308 g/mol. The number of rotatable bonds is 0. The molecule has 0 bridgehead atoms. The van der Waals surface area contributed by atoms with Crippen molar-refractivity contribution in [3.05, 3.63) is 0 Å². The van der Waals surface area contributed by atoms with Crippen LogP contribution >= 0.6 is 0 Å². The molecule has 0 aromatic heterocycles. The number of hydrogen-bond donors (Lipinski definition) is 1. The van der Waals surface area contributed by atoms with Gasteiger partial charge in [0.1, 0.15) is 0 Å². The maximum absolute atomic E-state index is 8.63. The summed E-state index contributed by atoms with van der Waals surface area (Å²) in [7, 11) is -10.1. The smallest absolute Gasteiger partial charge is 0.759 e.